The average Bonchev–Trinajstić information content (AvgIpc) is 2.32. The number of carboxylic acids is 1. The van der Waals surface area contributed by atoms with E-state index in [2.05, 4.69) is 10.6 Å². The summed E-state index contributed by atoms with van der Waals surface area (Å²) in [7, 11) is 5.25. The SMILES string of the molecule is COCC(NC(=O)NCCOCCN(C)C)C(=O)O. The van der Waals surface area contributed by atoms with Crippen LogP contribution in [0.2, 0.25) is 0 Å². The summed E-state index contributed by atoms with van der Waals surface area (Å²) in [4.78, 5) is 24.1. The number of likely N-dealkylation sites (N-methyl/N-ethyl adjacent to an activating group) is 1. The quantitative estimate of drug-likeness (QED) is 0.441. The van der Waals surface area contributed by atoms with E-state index < -0.39 is 18.0 Å². The Morgan fingerprint density at radius 2 is 2.00 bits per heavy atom. The maximum Gasteiger partial charge on any atom is 0.328 e. The molecule has 0 saturated heterocycles. The third-order valence-corrected chi connectivity index (χ3v) is 2.15. The van der Waals surface area contributed by atoms with Crippen LogP contribution in [0, 0.1) is 0 Å². The van der Waals surface area contributed by atoms with Crippen molar-refractivity contribution in [1.82, 2.24) is 15.5 Å². The van der Waals surface area contributed by atoms with E-state index in [1.807, 2.05) is 19.0 Å². The molecular weight excluding hydrogens is 254 g/mol. The standard InChI is InChI=1S/C11H23N3O5/c1-14(2)5-7-19-6-4-12-11(17)13-9(8-18-3)10(15)16/h9H,4-8H2,1-3H3,(H,15,16)(H2,12,13,17). The molecule has 0 aliphatic rings. The second kappa shape index (κ2) is 10.5. The fourth-order valence-corrected chi connectivity index (χ4v) is 1.14. The van der Waals surface area contributed by atoms with Crippen molar-refractivity contribution in [2.24, 2.45) is 0 Å². The minimum Gasteiger partial charge on any atom is -0.480 e. The van der Waals surface area contributed by atoms with Crippen LogP contribution in [0.3, 0.4) is 0 Å². The van der Waals surface area contributed by atoms with Crippen molar-refractivity contribution in [2.45, 2.75) is 6.04 Å². The Balaban J connectivity index is 3.65. The van der Waals surface area contributed by atoms with Gasteiger partial charge in [0, 0.05) is 20.2 Å². The lowest BCUT2D eigenvalue weighted by atomic mass is 10.3. The van der Waals surface area contributed by atoms with Gasteiger partial charge in [0.25, 0.3) is 0 Å². The molecule has 0 aliphatic heterocycles. The number of ether oxygens (including phenoxy) is 2. The largest absolute Gasteiger partial charge is 0.480 e. The van der Waals surface area contributed by atoms with Crippen LogP contribution in [-0.4, -0.2) is 82.2 Å². The first-order valence-electron chi connectivity index (χ1n) is 5.96. The number of nitrogens with zero attached hydrogens (tertiary/aromatic N) is 1. The molecule has 0 spiro atoms. The molecule has 0 saturated carbocycles. The number of carboxylic acid groups (broad SMARTS) is 1. The van der Waals surface area contributed by atoms with Crippen LogP contribution in [0.4, 0.5) is 4.79 Å². The van der Waals surface area contributed by atoms with Crippen LogP contribution in [0.25, 0.3) is 0 Å². The molecule has 0 fully saturated rings. The van der Waals surface area contributed by atoms with E-state index in [1.54, 1.807) is 0 Å². The van der Waals surface area contributed by atoms with Gasteiger partial charge >= 0.3 is 12.0 Å². The van der Waals surface area contributed by atoms with Crippen LogP contribution < -0.4 is 10.6 Å². The number of carbonyl (C=O) groups excluding carboxylic acids is 1. The molecule has 8 nitrogen and oxygen atoms in total. The van der Waals surface area contributed by atoms with Gasteiger partial charge in [-0.05, 0) is 14.1 Å². The first-order valence-corrected chi connectivity index (χ1v) is 5.96. The molecular formula is C11H23N3O5. The topological polar surface area (TPSA) is 100 Å². The predicted molar refractivity (Wildman–Crippen MR) is 69.2 cm³/mol. The number of methoxy groups -OCH3 is 1. The number of aliphatic carboxylic acids is 1. The molecule has 0 radical (unpaired) electrons. The Morgan fingerprint density at radius 3 is 2.53 bits per heavy atom. The average molecular weight is 277 g/mol. The lowest BCUT2D eigenvalue weighted by Gasteiger charge is -2.14. The Hall–Kier alpha value is -1.38. The highest BCUT2D eigenvalue weighted by Crippen LogP contribution is 1.85. The van der Waals surface area contributed by atoms with E-state index >= 15 is 0 Å². The van der Waals surface area contributed by atoms with Crippen LogP contribution >= 0.6 is 0 Å². The normalized spacial score (nSPS) is 12.2. The molecule has 0 aliphatic carbocycles. The van der Waals surface area contributed by atoms with E-state index in [9.17, 15) is 9.59 Å². The van der Waals surface area contributed by atoms with E-state index in [0.29, 0.717) is 19.8 Å². The molecule has 0 aromatic rings. The summed E-state index contributed by atoms with van der Waals surface area (Å²) in [5.41, 5.74) is 0. The van der Waals surface area contributed by atoms with Crippen molar-refractivity contribution in [3.8, 4) is 0 Å². The smallest absolute Gasteiger partial charge is 0.328 e. The molecule has 112 valence electrons. The first kappa shape index (κ1) is 17.6. The Morgan fingerprint density at radius 1 is 1.32 bits per heavy atom. The fourth-order valence-electron chi connectivity index (χ4n) is 1.14. The summed E-state index contributed by atoms with van der Waals surface area (Å²) in [6, 6.07) is -1.61. The van der Waals surface area contributed by atoms with Crippen molar-refractivity contribution in [3.05, 3.63) is 0 Å². The van der Waals surface area contributed by atoms with Gasteiger partial charge in [0.2, 0.25) is 0 Å². The molecule has 2 amide bonds. The van der Waals surface area contributed by atoms with Crippen LogP contribution in [-0.2, 0) is 14.3 Å². The molecule has 0 aromatic heterocycles. The predicted octanol–water partition coefficient (Wildman–Crippen LogP) is -1.04. The summed E-state index contributed by atoms with van der Waals surface area (Å²) in [6.45, 7) is 2.00. The molecule has 0 heterocycles. The third kappa shape index (κ3) is 10.2. The highest BCUT2D eigenvalue weighted by molar-refractivity contribution is 5.82. The van der Waals surface area contributed by atoms with Crippen LogP contribution in [0.1, 0.15) is 0 Å². The van der Waals surface area contributed by atoms with Gasteiger partial charge < -0.3 is 30.1 Å². The van der Waals surface area contributed by atoms with Crippen LogP contribution in [0.15, 0.2) is 0 Å². The monoisotopic (exact) mass is 277 g/mol. The van der Waals surface area contributed by atoms with Gasteiger partial charge in [-0.2, -0.15) is 0 Å². The second-order valence-corrected chi connectivity index (χ2v) is 4.16. The van der Waals surface area contributed by atoms with Crippen molar-refractivity contribution in [1.29, 1.82) is 0 Å². The zero-order valence-corrected chi connectivity index (χ0v) is 11.6. The van der Waals surface area contributed by atoms with Crippen molar-refractivity contribution in [3.63, 3.8) is 0 Å². The van der Waals surface area contributed by atoms with E-state index in [4.69, 9.17) is 14.6 Å². The molecule has 3 N–H and O–H groups in total. The van der Waals surface area contributed by atoms with Gasteiger partial charge in [0.05, 0.1) is 19.8 Å². The summed E-state index contributed by atoms with van der Waals surface area (Å²) in [5.74, 6) is -1.14. The maximum absolute atomic E-state index is 11.4. The molecule has 1 atom stereocenters. The first-order chi connectivity index (χ1) is 8.97. The minimum absolute atomic E-state index is 0.0813. The molecule has 8 heteroatoms. The van der Waals surface area contributed by atoms with Crippen molar-refractivity contribution in [2.75, 3.05) is 54.1 Å². The van der Waals surface area contributed by atoms with Gasteiger partial charge in [-0.3, -0.25) is 0 Å². The Kier molecular flexibility index (Phi) is 9.77. The number of rotatable bonds is 10. The maximum atomic E-state index is 11.4. The number of carbonyl (C=O) groups is 2. The Bertz CT molecular complexity index is 273. The third-order valence-electron chi connectivity index (χ3n) is 2.15. The minimum atomic E-state index is -1.14. The zero-order chi connectivity index (χ0) is 14.7. The number of amides is 2. The van der Waals surface area contributed by atoms with Gasteiger partial charge in [0.1, 0.15) is 0 Å². The zero-order valence-electron chi connectivity index (χ0n) is 11.6. The Labute approximate surface area is 113 Å². The molecule has 0 aromatic carbocycles. The van der Waals surface area contributed by atoms with Gasteiger partial charge in [-0.25, -0.2) is 9.59 Å². The number of urea groups is 1. The lowest BCUT2D eigenvalue weighted by Crippen LogP contribution is -2.48. The van der Waals surface area contributed by atoms with E-state index in [-0.39, 0.29) is 6.61 Å². The van der Waals surface area contributed by atoms with E-state index in [1.165, 1.54) is 7.11 Å². The summed E-state index contributed by atoms with van der Waals surface area (Å²) in [5, 5.41) is 13.6. The van der Waals surface area contributed by atoms with Crippen molar-refractivity contribution < 1.29 is 24.2 Å². The highest BCUT2D eigenvalue weighted by atomic mass is 16.5. The second-order valence-electron chi connectivity index (χ2n) is 4.16. The number of nitrogens with one attached hydrogen (secondary N) is 2. The van der Waals surface area contributed by atoms with Gasteiger partial charge in [-0.15, -0.1) is 0 Å². The molecule has 1 unspecified atom stereocenters. The van der Waals surface area contributed by atoms with Crippen LogP contribution in [0.5, 0.6) is 0 Å². The highest BCUT2D eigenvalue weighted by Gasteiger charge is 2.19. The summed E-state index contributed by atoms with van der Waals surface area (Å²) < 4.78 is 9.96. The number of hydrogen-bond acceptors (Lipinski definition) is 5. The lowest BCUT2D eigenvalue weighted by molar-refractivity contribution is -0.140. The van der Waals surface area contributed by atoms with Crippen molar-refractivity contribution >= 4 is 12.0 Å². The molecule has 19 heavy (non-hydrogen) atoms. The summed E-state index contributed by atoms with van der Waals surface area (Å²) in [6.07, 6.45) is 0. The summed E-state index contributed by atoms with van der Waals surface area (Å²) >= 11 is 0. The molecule has 0 rings (SSSR count). The molecule has 0 bridgehead atoms. The fraction of sp³-hybridized carbons (Fsp3) is 0.818. The van der Waals surface area contributed by atoms with Gasteiger partial charge in [-0.1, -0.05) is 0 Å². The number of hydrogen-bond donors (Lipinski definition) is 3. The van der Waals surface area contributed by atoms with Gasteiger partial charge in [0.15, 0.2) is 6.04 Å². The van der Waals surface area contributed by atoms with E-state index in [0.717, 1.165) is 6.54 Å².